The Labute approximate surface area is 119 Å². The molecule has 3 N–H and O–H groups in total. The standard InChI is InChI=1S/C17H29N.H3N/c1-2-3-4-5-6-7-8-9-10-11-14-17-15-12-13-16-18-17;/h12-13,15-16H,2-11,14H2,1H3;1H3. The van der Waals surface area contributed by atoms with Gasteiger partial charge < -0.3 is 6.15 Å². The monoisotopic (exact) mass is 264 g/mol. The van der Waals surface area contributed by atoms with Gasteiger partial charge in [0, 0.05) is 11.9 Å². The predicted octanol–water partition coefficient (Wildman–Crippen LogP) is 5.71. The van der Waals surface area contributed by atoms with Crippen LogP contribution in [0.25, 0.3) is 0 Å². The smallest absolute Gasteiger partial charge is 0.0403 e. The number of pyridine rings is 1. The van der Waals surface area contributed by atoms with Gasteiger partial charge in [-0.25, -0.2) is 0 Å². The van der Waals surface area contributed by atoms with Crippen LogP contribution in [0.2, 0.25) is 0 Å². The fourth-order valence-electron chi connectivity index (χ4n) is 2.34. The quantitative estimate of drug-likeness (QED) is 0.520. The van der Waals surface area contributed by atoms with Crippen LogP contribution < -0.4 is 6.15 Å². The van der Waals surface area contributed by atoms with E-state index in [4.69, 9.17) is 0 Å². The van der Waals surface area contributed by atoms with Gasteiger partial charge in [-0.3, -0.25) is 4.98 Å². The minimum absolute atomic E-state index is 0. The molecule has 0 aliphatic carbocycles. The number of hydrogen-bond acceptors (Lipinski definition) is 2. The summed E-state index contributed by atoms with van der Waals surface area (Å²) in [5, 5.41) is 0. The molecule has 0 saturated heterocycles. The zero-order chi connectivity index (χ0) is 12.9. The second-order valence-electron chi connectivity index (χ2n) is 5.25. The van der Waals surface area contributed by atoms with Gasteiger partial charge in [0.05, 0.1) is 0 Å². The summed E-state index contributed by atoms with van der Waals surface area (Å²) in [7, 11) is 0. The SMILES string of the molecule is CCCCCCCCCCCCc1ccccn1.N. The summed E-state index contributed by atoms with van der Waals surface area (Å²) in [5.74, 6) is 0. The Kier molecular flexibility index (Phi) is 12.9. The van der Waals surface area contributed by atoms with Crippen molar-refractivity contribution in [1.82, 2.24) is 11.1 Å². The van der Waals surface area contributed by atoms with E-state index in [1.165, 1.54) is 69.9 Å². The van der Waals surface area contributed by atoms with Gasteiger partial charge in [-0.05, 0) is 25.0 Å². The Morgan fingerprint density at radius 2 is 1.37 bits per heavy atom. The first-order valence-corrected chi connectivity index (χ1v) is 7.83. The van der Waals surface area contributed by atoms with Crippen molar-refractivity contribution in [3.63, 3.8) is 0 Å². The van der Waals surface area contributed by atoms with Crippen molar-refractivity contribution in [3.05, 3.63) is 30.1 Å². The van der Waals surface area contributed by atoms with Gasteiger partial charge in [0.15, 0.2) is 0 Å². The maximum atomic E-state index is 4.35. The van der Waals surface area contributed by atoms with Crippen molar-refractivity contribution in [2.45, 2.75) is 77.6 Å². The molecule has 0 aromatic carbocycles. The van der Waals surface area contributed by atoms with E-state index in [0.29, 0.717) is 0 Å². The average molecular weight is 264 g/mol. The molecule has 0 atom stereocenters. The molecule has 0 bridgehead atoms. The van der Waals surface area contributed by atoms with E-state index in [-0.39, 0.29) is 6.15 Å². The molecule has 2 nitrogen and oxygen atoms in total. The highest BCUT2D eigenvalue weighted by molar-refractivity contribution is 5.03. The lowest BCUT2D eigenvalue weighted by Crippen LogP contribution is -1.89. The molecule has 1 aromatic rings. The van der Waals surface area contributed by atoms with Crippen molar-refractivity contribution >= 4 is 0 Å². The second kappa shape index (κ2) is 13.5. The Balaban J connectivity index is 0.00000324. The fourth-order valence-corrected chi connectivity index (χ4v) is 2.34. The first-order valence-electron chi connectivity index (χ1n) is 7.83. The third-order valence-electron chi connectivity index (χ3n) is 3.51. The zero-order valence-electron chi connectivity index (χ0n) is 12.7. The van der Waals surface area contributed by atoms with Crippen LogP contribution in [-0.4, -0.2) is 4.98 Å². The lowest BCUT2D eigenvalue weighted by atomic mass is 10.1. The van der Waals surface area contributed by atoms with E-state index in [9.17, 15) is 0 Å². The number of aryl methyl sites for hydroxylation is 1. The molecule has 0 aliphatic heterocycles. The Hall–Kier alpha value is -0.890. The van der Waals surface area contributed by atoms with Crippen LogP contribution in [0, 0.1) is 0 Å². The molecule has 1 aromatic heterocycles. The molecule has 0 unspecified atom stereocenters. The summed E-state index contributed by atoms with van der Waals surface area (Å²) in [4.78, 5) is 4.35. The van der Waals surface area contributed by atoms with Crippen LogP contribution in [0.4, 0.5) is 0 Å². The first kappa shape index (κ1) is 18.1. The summed E-state index contributed by atoms with van der Waals surface area (Å²) < 4.78 is 0. The van der Waals surface area contributed by atoms with Crippen LogP contribution in [0.3, 0.4) is 0 Å². The Morgan fingerprint density at radius 3 is 1.89 bits per heavy atom. The molecule has 0 amide bonds. The number of hydrogen-bond donors (Lipinski definition) is 1. The van der Waals surface area contributed by atoms with Gasteiger partial charge in [0.25, 0.3) is 0 Å². The molecule has 0 radical (unpaired) electrons. The van der Waals surface area contributed by atoms with E-state index in [2.05, 4.69) is 24.0 Å². The van der Waals surface area contributed by atoms with Crippen LogP contribution in [0.5, 0.6) is 0 Å². The molecule has 0 saturated carbocycles. The Morgan fingerprint density at radius 1 is 0.789 bits per heavy atom. The number of rotatable bonds is 11. The van der Waals surface area contributed by atoms with E-state index >= 15 is 0 Å². The third-order valence-corrected chi connectivity index (χ3v) is 3.51. The molecule has 0 spiro atoms. The molecule has 0 aliphatic rings. The average Bonchev–Trinajstić information content (AvgIpc) is 2.42. The van der Waals surface area contributed by atoms with E-state index in [1.54, 1.807) is 0 Å². The van der Waals surface area contributed by atoms with Gasteiger partial charge in [0.2, 0.25) is 0 Å². The normalized spacial score (nSPS) is 10.2. The van der Waals surface area contributed by atoms with E-state index in [0.717, 1.165) is 6.42 Å². The van der Waals surface area contributed by atoms with Crippen LogP contribution in [-0.2, 0) is 6.42 Å². The van der Waals surface area contributed by atoms with Gasteiger partial charge >= 0.3 is 0 Å². The minimum Gasteiger partial charge on any atom is -0.344 e. The number of aromatic nitrogens is 1. The summed E-state index contributed by atoms with van der Waals surface area (Å²) >= 11 is 0. The molecule has 0 fully saturated rings. The number of nitrogens with zero attached hydrogens (tertiary/aromatic N) is 1. The van der Waals surface area contributed by atoms with Gasteiger partial charge in [-0.2, -0.15) is 0 Å². The lowest BCUT2D eigenvalue weighted by molar-refractivity contribution is 0.555. The highest BCUT2D eigenvalue weighted by Crippen LogP contribution is 2.11. The first-order chi connectivity index (χ1) is 8.93. The van der Waals surface area contributed by atoms with Gasteiger partial charge in [0.1, 0.15) is 0 Å². The van der Waals surface area contributed by atoms with Crippen molar-refractivity contribution in [2.24, 2.45) is 0 Å². The van der Waals surface area contributed by atoms with E-state index < -0.39 is 0 Å². The fraction of sp³-hybridized carbons (Fsp3) is 0.706. The molecular weight excluding hydrogens is 232 g/mol. The Bertz CT molecular complexity index is 272. The number of unbranched alkanes of at least 4 members (excludes halogenated alkanes) is 9. The maximum absolute atomic E-state index is 4.35. The molecule has 2 heteroatoms. The maximum Gasteiger partial charge on any atom is 0.0403 e. The largest absolute Gasteiger partial charge is 0.344 e. The van der Waals surface area contributed by atoms with Crippen molar-refractivity contribution in [3.8, 4) is 0 Å². The second-order valence-corrected chi connectivity index (χ2v) is 5.25. The summed E-state index contributed by atoms with van der Waals surface area (Å²) in [5.41, 5.74) is 1.25. The molecule has 1 heterocycles. The van der Waals surface area contributed by atoms with Crippen LogP contribution in [0.1, 0.15) is 76.8 Å². The summed E-state index contributed by atoms with van der Waals surface area (Å²) in [6, 6.07) is 6.20. The van der Waals surface area contributed by atoms with Crippen molar-refractivity contribution < 1.29 is 0 Å². The highest BCUT2D eigenvalue weighted by atomic mass is 14.7. The van der Waals surface area contributed by atoms with E-state index in [1.807, 2.05) is 12.3 Å². The van der Waals surface area contributed by atoms with Crippen LogP contribution >= 0.6 is 0 Å². The van der Waals surface area contributed by atoms with Crippen LogP contribution in [0.15, 0.2) is 24.4 Å². The molecule has 110 valence electrons. The molecule has 19 heavy (non-hydrogen) atoms. The predicted molar refractivity (Wildman–Crippen MR) is 84.8 cm³/mol. The van der Waals surface area contributed by atoms with Crippen molar-refractivity contribution in [2.75, 3.05) is 0 Å². The summed E-state index contributed by atoms with van der Waals surface area (Å²) in [6.07, 6.45) is 17.1. The van der Waals surface area contributed by atoms with Gasteiger partial charge in [-0.1, -0.05) is 70.8 Å². The minimum atomic E-state index is 0. The highest BCUT2D eigenvalue weighted by Gasteiger charge is 1.94. The summed E-state index contributed by atoms with van der Waals surface area (Å²) in [6.45, 7) is 2.28. The third kappa shape index (κ3) is 10.7. The topological polar surface area (TPSA) is 47.9 Å². The zero-order valence-corrected chi connectivity index (χ0v) is 12.7. The molecular formula is C17H32N2. The van der Waals surface area contributed by atoms with Crippen molar-refractivity contribution in [1.29, 1.82) is 0 Å². The lowest BCUT2D eigenvalue weighted by Gasteiger charge is -2.02. The molecule has 1 rings (SSSR count). The van der Waals surface area contributed by atoms with Gasteiger partial charge in [-0.15, -0.1) is 0 Å².